The monoisotopic (exact) mass is 444 g/mol. The van der Waals surface area contributed by atoms with Crippen molar-refractivity contribution in [1.29, 1.82) is 0 Å². The molecule has 0 radical (unpaired) electrons. The van der Waals surface area contributed by atoms with E-state index in [0.717, 1.165) is 0 Å². The lowest BCUT2D eigenvalue weighted by atomic mass is 9.90. The van der Waals surface area contributed by atoms with Crippen molar-refractivity contribution in [2.45, 2.75) is 64.2 Å². The summed E-state index contributed by atoms with van der Waals surface area (Å²) in [4.78, 5) is 22.0. The molecule has 1 aromatic carbocycles. The lowest BCUT2D eigenvalue weighted by Gasteiger charge is -2.33. The number of nitrogens with two attached hydrogens (primary N) is 1. The molecule has 0 aliphatic rings. The fourth-order valence-corrected chi connectivity index (χ4v) is 3.90. The smallest absolute Gasteiger partial charge is 0.408 e. The number of ketones is 1. The molecule has 3 atom stereocenters. The van der Waals surface area contributed by atoms with Crippen LogP contribution in [0, 0.1) is 11.8 Å². The third-order valence-corrected chi connectivity index (χ3v) is 5.79. The first-order valence-electron chi connectivity index (χ1n) is 9.75. The summed E-state index contributed by atoms with van der Waals surface area (Å²) in [5.74, 6) is -1.61. The van der Waals surface area contributed by atoms with E-state index in [4.69, 9.17) is 10.5 Å². The minimum Gasteiger partial charge on any atom is -0.445 e. The predicted molar refractivity (Wildman–Crippen MR) is 112 cm³/mol. The van der Waals surface area contributed by atoms with E-state index in [2.05, 4.69) is 5.32 Å². The number of nitrogens with one attached hydrogen (secondary N) is 1. The summed E-state index contributed by atoms with van der Waals surface area (Å²) in [6.45, 7) is 6.87. The van der Waals surface area contributed by atoms with Crippen molar-refractivity contribution in [2.24, 2.45) is 17.6 Å². The Hall–Kier alpha value is -2.01. The maximum absolute atomic E-state index is 13.0. The van der Waals surface area contributed by atoms with E-state index in [1.165, 1.54) is 0 Å². The second kappa shape index (κ2) is 10.9. The van der Waals surface area contributed by atoms with Crippen LogP contribution in [0.5, 0.6) is 0 Å². The van der Waals surface area contributed by atoms with Gasteiger partial charge in [0, 0.05) is 0 Å². The fraction of sp³-hybridized carbons (Fsp3) is 0.600. The molecule has 2 unspecified atom stereocenters. The molecule has 9 nitrogen and oxygen atoms in total. The summed E-state index contributed by atoms with van der Waals surface area (Å²) in [6.07, 6.45) is -1.01. The van der Waals surface area contributed by atoms with Gasteiger partial charge in [0.1, 0.15) is 6.61 Å². The Morgan fingerprint density at radius 2 is 1.63 bits per heavy atom. The van der Waals surface area contributed by atoms with Gasteiger partial charge in [-0.15, -0.1) is 0 Å². The highest BCUT2D eigenvalue weighted by Crippen LogP contribution is 2.26. The van der Waals surface area contributed by atoms with Crippen LogP contribution in [0.4, 0.5) is 4.79 Å². The molecule has 0 spiro atoms. The van der Waals surface area contributed by atoms with Crippen molar-refractivity contribution in [3.8, 4) is 0 Å². The topological polar surface area (TPSA) is 156 Å². The first-order chi connectivity index (χ1) is 13.8. The van der Waals surface area contributed by atoms with E-state index < -0.39 is 39.0 Å². The maximum Gasteiger partial charge on any atom is 0.408 e. The third-order valence-electron chi connectivity index (χ3n) is 4.50. The molecule has 0 bridgehead atoms. The summed E-state index contributed by atoms with van der Waals surface area (Å²) in [7, 11) is -5.29. The van der Waals surface area contributed by atoms with Gasteiger partial charge in [0.05, 0.1) is 12.1 Å². The number of benzene rings is 1. The largest absolute Gasteiger partial charge is 0.445 e. The quantitative estimate of drug-likeness (QED) is 0.377. The normalized spacial score (nSPS) is 16.0. The summed E-state index contributed by atoms with van der Waals surface area (Å²) in [6, 6.07) is 5.80. The average Bonchev–Trinajstić information content (AvgIpc) is 2.63. The van der Waals surface area contributed by atoms with E-state index in [0.29, 0.717) is 5.56 Å². The molecular weight excluding hydrogens is 412 g/mol. The SMILES string of the molecule is CC(C)CC(N)C(O)(C(=O)[C@H](CC(C)C)NC(=O)OCc1ccccc1)S(=O)(=O)O. The van der Waals surface area contributed by atoms with Gasteiger partial charge in [-0.05, 0) is 30.2 Å². The Balaban J connectivity index is 3.08. The number of hydrogen-bond acceptors (Lipinski definition) is 7. The molecule has 0 saturated carbocycles. The molecule has 1 rings (SSSR count). The molecule has 1 amide bonds. The number of aliphatic hydroxyl groups is 1. The van der Waals surface area contributed by atoms with Crippen LogP contribution < -0.4 is 11.1 Å². The molecule has 10 heteroatoms. The van der Waals surface area contributed by atoms with Crippen molar-refractivity contribution in [2.75, 3.05) is 0 Å². The van der Waals surface area contributed by atoms with Gasteiger partial charge in [-0.2, -0.15) is 8.42 Å². The van der Waals surface area contributed by atoms with Crippen LogP contribution in [-0.4, -0.2) is 47.0 Å². The van der Waals surface area contributed by atoms with E-state index in [1.807, 2.05) is 0 Å². The molecule has 0 aliphatic heterocycles. The lowest BCUT2D eigenvalue weighted by Crippen LogP contribution is -2.64. The second-order valence-electron chi connectivity index (χ2n) is 8.16. The van der Waals surface area contributed by atoms with E-state index in [9.17, 15) is 27.7 Å². The summed E-state index contributed by atoms with van der Waals surface area (Å²) < 4.78 is 38.7. The minimum atomic E-state index is -5.29. The molecule has 170 valence electrons. The van der Waals surface area contributed by atoms with E-state index >= 15 is 0 Å². The zero-order valence-corrected chi connectivity index (χ0v) is 18.6. The van der Waals surface area contributed by atoms with Gasteiger partial charge < -0.3 is 20.9 Å². The average molecular weight is 445 g/mol. The van der Waals surface area contributed by atoms with Gasteiger partial charge in [-0.3, -0.25) is 9.35 Å². The fourth-order valence-electron chi connectivity index (χ4n) is 3.03. The van der Waals surface area contributed by atoms with Crippen molar-refractivity contribution >= 4 is 22.0 Å². The molecule has 0 aromatic heterocycles. The van der Waals surface area contributed by atoms with Gasteiger partial charge in [-0.25, -0.2) is 4.79 Å². The first-order valence-corrected chi connectivity index (χ1v) is 11.2. The van der Waals surface area contributed by atoms with Gasteiger partial charge in [0.25, 0.3) is 4.93 Å². The first kappa shape index (κ1) is 26.0. The Kier molecular flexibility index (Phi) is 9.41. The number of Topliss-reactive ketones (excluding diaryl/α,β-unsaturated/α-hetero) is 1. The highest BCUT2D eigenvalue weighted by atomic mass is 32.2. The van der Waals surface area contributed by atoms with Crippen LogP contribution in [0.25, 0.3) is 0 Å². The Morgan fingerprint density at radius 1 is 1.10 bits per heavy atom. The van der Waals surface area contributed by atoms with Gasteiger partial charge in [0.2, 0.25) is 5.78 Å². The maximum atomic E-state index is 13.0. The number of alkyl carbamates (subject to hydrolysis) is 1. The Bertz CT molecular complexity index is 812. The molecule has 1 aromatic rings. The molecule has 0 aliphatic carbocycles. The van der Waals surface area contributed by atoms with Gasteiger partial charge in [0.15, 0.2) is 0 Å². The van der Waals surface area contributed by atoms with E-state index in [-0.39, 0.29) is 31.3 Å². The van der Waals surface area contributed by atoms with Crippen LogP contribution in [-0.2, 0) is 26.3 Å². The van der Waals surface area contributed by atoms with Crippen molar-refractivity contribution < 1.29 is 32.4 Å². The molecule has 5 N–H and O–H groups in total. The summed E-state index contributed by atoms with van der Waals surface area (Å²) in [5.41, 5.74) is 6.54. The van der Waals surface area contributed by atoms with Crippen LogP contribution in [0.15, 0.2) is 30.3 Å². The highest BCUT2D eigenvalue weighted by Gasteiger charge is 2.55. The molecule has 0 saturated heterocycles. The Morgan fingerprint density at radius 3 is 2.10 bits per heavy atom. The zero-order valence-electron chi connectivity index (χ0n) is 17.7. The summed E-state index contributed by atoms with van der Waals surface area (Å²) >= 11 is 0. The number of ether oxygens (including phenoxy) is 1. The molecule has 0 fully saturated rings. The predicted octanol–water partition coefficient (Wildman–Crippen LogP) is 1.85. The van der Waals surface area contributed by atoms with Crippen LogP contribution in [0.1, 0.15) is 46.1 Å². The van der Waals surface area contributed by atoms with Crippen molar-refractivity contribution in [3.63, 3.8) is 0 Å². The van der Waals surface area contributed by atoms with Gasteiger partial charge >= 0.3 is 16.2 Å². The number of rotatable bonds is 11. The van der Waals surface area contributed by atoms with E-state index in [1.54, 1.807) is 58.0 Å². The number of carbonyl (C=O) groups is 2. The Labute approximate surface area is 177 Å². The molecular formula is C20H32N2O7S. The zero-order chi connectivity index (χ0) is 23.1. The second-order valence-corrected chi connectivity index (χ2v) is 9.73. The molecule has 0 heterocycles. The molecule has 30 heavy (non-hydrogen) atoms. The van der Waals surface area contributed by atoms with Crippen LogP contribution >= 0.6 is 0 Å². The van der Waals surface area contributed by atoms with Crippen LogP contribution in [0.2, 0.25) is 0 Å². The van der Waals surface area contributed by atoms with Crippen molar-refractivity contribution in [1.82, 2.24) is 5.32 Å². The van der Waals surface area contributed by atoms with Crippen LogP contribution in [0.3, 0.4) is 0 Å². The number of hydrogen-bond donors (Lipinski definition) is 4. The number of amides is 1. The van der Waals surface area contributed by atoms with Crippen molar-refractivity contribution in [3.05, 3.63) is 35.9 Å². The highest BCUT2D eigenvalue weighted by molar-refractivity contribution is 7.88. The number of carbonyl (C=O) groups excluding carboxylic acids is 2. The van der Waals surface area contributed by atoms with Gasteiger partial charge in [-0.1, -0.05) is 58.0 Å². The minimum absolute atomic E-state index is 0.00546. The third kappa shape index (κ3) is 7.05. The standard InChI is InChI=1S/C20H32N2O7S/c1-13(2)10-16(22-19(24)29-12-15-8-6-5-7-9-15)18(23)20(25,30(26,27)28)17(21)11-14(3)4/h5-9,13-14,16-17,25H,10-12,21H2,1-4H3,(H,22,24)(H,26,27,28)/t16-,17?,20?/m0/s1. The lowest BCUT2D eigenvalue weighted by molar-refractivity contribution is -0.134. The summed E-state index contributed by atoms with van der Waals surface area (Å²) in [5, 5.41) is 13.0.